The van der Waals surface area contributed by atoms with Crippen molar-refractivity contribution in [2.45, 2.75) is 19.3 Å². The fraction of sp³-hybridized carbons (Fsp3) is 0.0667. The van der Waals surface area contributed by atoms with Crippen molar-refractivity contribution < 1.29 is 8.78 Å². The standard InChI is InChI=1S/C45H30F2N4/c1-45(2)38-24-32(50(30-12-6-4-7-13-30)33-21-23-42(49-3)41(47)26-33)20-22-37(38)44-36-17-11-10-16-35(36)43(27-39(44)45)51(31-14-8-5-9-15-31)34-19-18-29(28-48)40(46)25-34/h4-27H,1-2H3. The lowest BCUT2D eigenvalue weighted by Crippen LogP contribution is -2.18. The van der Waals surface area contributed by atoms with E-state index in [1.807, 2.05) is 83.8 Å². The maximum absolute atomic E-state index is 15.2. The van der Waals surface area contributed by atoms with Crippen LogP contribution in [0.5, 0.6) is 0 Å². The van der Waals surface area contributed by atoms with Gasteiger partial charge in [-0.1, -0.05) is 86.6 Å². The Balaban J connectivity index is 1.34. The first-order chi connectivity index (χ1) is 24.8. The molecule has 0 aromatic heterocycles. The van der Waals surface area contributed by atoms with Gasteiger partial charge in [0.1, 0.15) is 17.7 Å². The molecule has 0 spiro atoms. The summed E-state index contributed by atoms with van der Waals surface area (Å²) in [6.45, 7) is 11.8. The molecule has 0 atom stereocenters. The van der Waals surface area contributed by atoms with Crippen LogP contribution in [0, 0.1) is 29.5 Å². The molecule has 7 aromatic carbocycles. The lowest BCUT2D eigenvalue weighted by atomic mass is 9.81. The number of hydrogen-bond acceptors (Lipinski definition) is 3. The molecule has 51 heavy (non-hydrogen) atoms. The van der Waals surface area contributed by atoms with Crippen LogP contribution in [0.25, 0.3) is 26.7 Å². The second-order valence-corrected chi connectivity index (χ2v) is 13.1. The zero-order valence-corrected chi connectivity index (χ0v) is 27.9. The van der Waals surface area contributed by atoms with Crippen molar-refractivity contribution in [2.75, 3.05) is 9.80 Å². The Morgan fingerprint density at radius 2 is 1.16 bits per heavy atom. The molecule has 0 fully saturated rings. The second-order valence-electron chi connectivity index (χ2n) is 13.1. The zero-order chi connectivity index (χ0) is 35.3. The van der Waals surface area contributed by atoms with Crippen LogP contribution in [-0.2, 0) is 5.41 Å². The van der Waals surface area contributed by atoms with E-state index in [1.54, 1.807) is 12.1 Å². The van der Waals surface area contributed by atoms with E-state index < -0.39 is 17.0 Å². The molecule has 1 aliphatic carbocycles. The van der Waals surface area contributed by atoms with Gasteiger partial charge < -0.3 is 9.80 Å². The Bertz CT molecular complexity index is 2570. The second kappa shape index (κ2) is 12.3. The van der Waals surface area contributed by atoms with Gasteiger partial charge in [-0.15, -0.1) is 0 Å². The predicted octanol–water partition coefficient (Wildman–Crippen LogP) is 12.8. The van der Waals surface area contributed by atoms with Crippen molar-refractivity contribution >= 4 is 50.6 Å². The molecule has 4 nitrogen and oxygen atoms in total. The largest absolute Gasteiger partial charge is 0.310 e. The number of hydrogen-bond donors (Lipinski definition) is 0. The average molecular weight is 665 g/mol. The third-order valence-electron chi connectivity index (χ3n) is 9.81. The van der Waals surface area contributed by atoms with Gasteiger partial charge in [-0.25, -0.2) is 13.6 Å². The maximum atomic E-state index is 15.2. The van der Waals surface area contributed by atoms with Crippen molar-refractivity contribution in [1.29, 1.82) is 5.26 Å². The molecule has 0 bridgehead atoms. The third kappa shape index (κ3) is 5.17. The Labute approximate surface area is 295 Å². The SMILES string of the molecule is [C-]#[N+]c1ccc(N(c2ccccc2)c2ccc3c(c2)C(C)(C)c2cc(N(c4ccccc4)c4ccc(C#N)c(F)c4)c4ccccc4c2-3)cc1F. The molecule has 0 aliphatic heterocycles. The Morgan fingerprint density at radius 1 is 0.588 bits per heavy atom. The van der Waals surface area contributed by atoms with E-state index in [-0.39, 0.29) is 11.3 Å². The van der Waals surface area contributed by atoms with Gasteiger partial charge in [0.2, 0.25) is 5.69 Å². The molecule has 0 unspecified atom stereocenters. The van der Waals surface area contributed by atoms with E-state index in [1.165, 1.54) is 24.3 Å². The number of anilines is 6. The van der Waals surface area contributed by atoms with Crippen molar-refractivity contribution in [3.8, 4) is 17.2 Å². The molecule has 8 rings (SSSR count). The van der Waals surface area contributed by atoms with E-state index in [0.717, 1.165) is 55.8 Å². The molecule has 1 aliphatic rings. The van der Waals surface area contributed by atoms with Crippen molar-refractivity contribution in [3.05, 3.63) is 185 Å². The van der Waals surface area contributed by atoms with Crippen molar-refractivity contribution in [3.63, 3.8) is 0 Å². The van der Waals surface area contributed by atoms with Gasteiger partial charge in [0.25, 0.3) is 0 Å². The van der Waals surface area contributed by atoms with Gasteiger partial charge in [0.05, 0.1) is 17.8 Å². The first kappa shape index (κ1) is 31.5. The van der Waals surface area contributed by atoms with Gasteiger partial charge in [-0.05, 0) is 100 Å². The molecule has 0 heterocycles. The van der Waals surface area contributed by atoms with Crippen LogP contribution >= 0.6 is 0 Å². The fourth-order valence-electron chi connectivity index (χ4n) is 7.36. The Morgan fingerprint density at radius 3 is 1.80 bits per heavy atom. The zero-order valence-electron chi connectivity index (χ0n) is 27.9. The molecule has 0 saturated carbocycles. The highest BCUT2D eigenvalue weighted by Crippen LogP contribution is 2.55. The summed E-state index contributed by atoms with van der Waals surface area (Å²) in [5.74, 6) is -1.14. The maximum Gasteiger partial charge on any atom is 0.222 e. The molecular formula is C45H30F2N4. The van der Waals surface area contributed by atoms with E-state index in [2.05, 4.69) is 60.0 Å². The van der Waals surface area contributed by atoms with E-state index in [9.17, 15) is 5.26 Å². The molecule has 0 radical (unpaired) electrons. The normalized spacial score (nSPS) is 12.4. The summed E-state index contributed by atoms with van der Waals surface area (Å²) in [5, 5.41) is 11.5. The number of rotatable bonds is 6. The molecule has 244 valence electrons. The number of halogens is 2. The first-order valence-corrected chi connectivity index (χ1v) is 16.6. The summed E-state index contributed by atoms with van der Waals surface area (Å²) in [5.41, 5.74) is 8.69. The van der Waals surface area contributed by atoms with Gasteiger partial charge in [0, 0.05) is 39.2 Å². The fourth-order valence-corrected chi connectivity index (χ4v) is 7.36. The summed E-state index contributed by atoms with van der Waals surface area (Å²) < 4.78 is 30.2. The highest BCUT2D eigenvalue weighted by atomic mass is 19.1. The van der Waals surface area contributed by atoms with Gasteiger partial charge in [0.15, 0.2) is 0 Å². The molecular weight excluding hydrogens is 635 g/mol. The molecule has 0 N–H and O–H groups in total. The Hall–Kier alpha value is -6.76. The molecule has 0 saturated heterocycles. The topological polar surface area (TPSA) is 34.6 Å². The third-order valence-corrected chi connectivity index (χ3v) is 9.81. The minimum absolute atomic E-state index is 0.00687. The summed E-state index contributed by atoms with van der Waals surface area (Å²) in [7, 11) is 0. The quantitative estimate of drug-likeness (QED) is 0.166. The minimum atomic E-state index is -0.576. The number of benzene rings is 7. The summed E-state index contributed by atoms with van der Waals surface area (Å²) >= 11 is 0. The Kier molecular flexibility index (Phi) is 7.59. The summed E-state index contributed by atoms with van der Waals surface area (Å²) in [4.78, 5) is 7.38. The van der Waals surface area contributed by atoms with Crippen molar-refractivity contribution in [1.82, 2.24) is 0 Å². The van der Waals surface area contributed by atoms with E-state index >= 15 is 8.78 Å². The number of fused-ring (bicyclic) bond motifs is 5. The van der Waals surface area contributed by atoms with Crippen molar-refractivity contribution in [2.24, 2.45) is 0 Å². The number of nitriles is 1. The highest BCUT2D eigenvalue weighted by molar-refractivity contribution is 6.10. The van der Waals surface area contributed by atoms with Crippen LogP contribution in [0.2, 0.25) is 0 Å². The molecule has 6 heteroatoms. The van der Waals surface area contributed by atoms with Crippen LogP contribution in [0.15, 0.2) is 146 Å². The summed E-state index contributed by atoms with van der Waals surface area (Å²) in [6.07, 6.45) is 0. The van der Waals surface area contributed by atoms with Crippen LogP contribution in [0.1, 0.15) is 30.5 Å². The predicted molar refractivity (Wildman–Crippen MR) is 202 cm³/mol. The number of nitrogens with zero attached hydrogens (tertiary/aromatic N) is 4. The monoisotopic (exact) mass is 664 g/mol. The minimum Gasteiger partial charge on any atom is -0.310 e. The average Bonchev–Trinajstić information content (AvgIpc) is 3.38. The molecule has 7 aromatic rings. The highest BCUT2D eigenvalue weighted by Gasteiger charge is 2.38. The van der Waals surface area contributed by atoms with Gasteiger partial charge >= 0.3 is 0 Å². The lowest BCUT2D eigenvalue weighted by molar-refractivity contribution is 0.624. The van der Waals surface area contributed by atoms with Gasteiger partial charge in [-0.2, -0.15) is 5.26 Å². The number of para-hydroxylation sites is 2. The van der Waals surface area contributed by atoms with E-state index in [0.29, 0.717) is 11.4 Å². The van der Waals surface area contributed by atoms with Crippen LogP contribution in [0.3, 0.4) is 0 Å². The van der Waals surface area contributed by atoms with Gasteiger partial charge in [-0.3, -0.25) is 0 Å². The van der Waals surface area contributed by atoms with E-state index in [4.69, 9.17) is 6.57 Å². The smallest absolute Gasteiger partial charge is 0.222 e. The lowest BCUT2D eigenvalue weighted by Gasteiger charge is -2.30. The molecule has 0 amide bonds. The van der Waals surface area contributed by atoms with Crippen LogP contribution < -0.4 is 9.80 Å². The van der Waals surface area contributed by atoms with Crippen LogP contribution in [-0.4, -0.2) is 0 Å². The summed E-state index contributed by atoms with van der Waals surface area (Å²) in [6, 6.07) is 48.0. The van der Waals surface area contributed by atoms with Crippen LogP contribution in [0.4, 0.5) is 48.6 Å². The first-order valence-electron chi connectivity index (χ1n) is 16.6.